The number of nitriles is 1. The predicted octanol–water partition coefficient (Wildman–Crippen LogP) is 4.31. The summed E-state index contributed by atoms with van der Waals surface area (Å²) in [7, 11) is 2.12. The summed E-state index contributed by atoms with van der Waals surface area (Å²) in [6, 6.07) is 13.7. The molecule has 3 aliphatic heterocycles. The van der Waals surface area contributed by atoms with Gasteiger partial charge >= 0.3 is 6.01 Å². The summed E-state index contributed by atoms with van der Waals surface area (Å²) >= 11 is 0. The number of anilines is 2. The molecule has 224 valence electrons. The minimum atomic E-state index is -0.265. The van der Waals surface area contributed by atoms with Crippen LogP contribution in [0.25, 0.3) is 10.8 Å². The van der Waals surface area contributed by atoms with Crippen LogP contribution >= 0.6 is 0 Å². The van der Waals surface area contributed by atoms with Gasteiger partial charge in [-0.15, -0.1) is 0 Å². The minimum absolute atomic E-state index is 0.159. The van der Waals surface area contributed by atoms with Crippen LogP contribution < -0.4 is 14.5 Å². The van der Waals surface area contributed by atoms with Gasteiger partial charge in [-0.1, -0.05) is 30.8 Å². The lowest BCUT2D eigenvalue weighted by Gasteiger charge is -2.41. The van der Waals surface area contributed by atoms with Crippen molar-refractivity contribution < 1.29 is 13.9 Å². The maximum absolute atomic E-state index is 14.7. The number of halogens is 1. The summed E-state index contributed by atoms with van der Waals surface area (Å²) in [6.45, 7) is 8.10. The number of carbonyl (C=O) groups is 1. The fourth-order valence-corrected chi connectivity index (χ4v) is 6.75. The number of likely N-dealkylation sites (tertiary alicyclic amines) is 1. The van der Waals surface area contributed by atoms with Gasteiger partial charge in [0.1, 0.15) is 18.2 Å². The van der Waals surface area contributed by atoms with E-state index in [2.05, 4.69) is 34.4 Å². The number of benzene rings is 2. The van der Waals surface area contributed by atoms with Crippen LogP contribution in [-0.4, -0.2) is 84.1 Å². The molecule has 10 heteroatoms. The predicted molar refractivity (Wildman–Crippen MR) is 165 cm³/mol. The number of aromatic nitrogens is 2. The van der Waals surface area contributed by atoms with Crippen molar-refractivity contribution in [2.45, 2.75) is 50.7 Å². The zero-order valence-corrected chi connectivity index (χ0v) is 24.7. The van der Waals surface area contributed by atoms with E-state index in [9.17, 15) is 14.4 Å². The van der Waals surface area contributed by atoms with E-state index in [0.29, 0.717) is 50.2 Å². The molecule has 2 atom stereocenters. The summed E-state index contributed by atoms with van der Waals surface area (Å²) in [5, 5.41) is 11.0. The number of fused-ring (bicyclic) bond motifs is 2. The molecule has 1 aromatic heterocycles. The van der Waals surface area contributed by atoms with Crippen molar-refractivity contribution in [2.75, 3.05) is 56.2 Å². The Morgan fingerprint density at radius 3 is 2.72 bits per heavy atom. The Hall–Kier alpha value is -4.23. The third-order valence-electron chi connectivity index (χ3n) is 9.08. The highest BCUT2D eigenvalue weighted by Crippen LogP contribution is 2.35. The Bertz CT molecular complexity index is 1560. The first-order chi connectivity index (χ1) is 21.0. The second-order valence-electron chi connectivity index (χ2n) is 11.7. The summed E-state index contributed by atoms with van der Waals surface area (Å²) in [4.78, 5) is 31.0. The van der Waals surface area contributed by atoms with Gasteiger partial charge < -0.3 is 24.3 Å². The molecular formula is C33H38FN7O2. The van der Waals surface area contributed by atoms with Crippen molar-refractivity contribution in [3.8, 4) is 12.1 Å². The number of amides is 1. The highest BCUT2D eigenvalue weighted by Gasteiger charge is 2.33. The zero-order chi connectivity index (χ0) is 29.9. The van der Waals surface area contributed by atoms with E-state index >= 15 is 0 Å². The van der Waals surface area contributed by atoms with Gasteiger partial charge in [-0.2, -0.15) is 15.2 Å². The van der Waals surface area contributed by atoms with Crippen molar-refractivity contribution in [2.24, 2.45) is 0 Å². The van der Waals surface area contributed by atoms with Gasteiger partial charge in [0.15, 0.2) is 0 Å². The first-order valence-electron chi connectivity index (χ1n) is 15.2. The third kappa shape index (κ3) is 5.87. The molecular weight excluding hydrogens is 545 g/mol. The Kier molecular flexibility index (Phi) is 8.43. The summed E-state index contributed by atoms with van der Waals surface area (Å²) in [6.07, 6.45) is 5.42. The molecule has 2 fully saturated rings. The second-order valence-corrected chi connectivity index (χ2v) is 11.7. The van der Waals surface area contributed by atoms with E-state index in [1.165, 1.54) is 12.1 Å². The largest absolute Gasteiger partial charge is 0.462 e. The molecule has 0 bridgehead atoms. The molecule has 43 heavy (non-hydrogen) atoms. The van der Waals surface area contributed by atoms with Gasteiger partial charge in [0.05, 0.1) is 30.8 Å². The van der Waals surface area contributed by atoms with E-state index in [1.54, 1.807) is 11.0 Å². The third-order valence-corrected chi connectivity index (χ3v) is 9.08. The molecule has 2 aromatic carbocycles. The van der Waals surface area contributed by atoms with Crippen LogP contribution in [-0.2, 0) is 17.8 Å². The van der Waals surface area contributed by atoms with Crippen LogP contribution in [0.5, 0.6) is 6.01 Å². The lowest BCUT2D eigenvalue weighted by atomic mass is 10.1. The van der Waals surface area contributed by atoms with Gasteiger partial charge in [0.2, 0.25) is 5.91 Å². The highest BCUT2D eigenvalue weighted by atomic mass is 19.1. The van der Waals surface area contributed by atoms with E-state index in [4.69, 9.17) is 14.7 Å². The van der Waals surface area contributed by atoms with Gasteiger partial charge in [-0.25, -0.2) is 4.39 Å². The summed E-state index contributed by atoms with van der Waals surface area (Å²) in [5.41, 5.74) is 2.94. The molecule has 0 aliphatic carbocycles. The molecule has 3 aromatic rings. The Balaban J connectivity index is 1.36. The topological polar surface area (TPSA) is 88.8 Å². The molecule has 3 aliphatic rings. The maximum atomic E-state index is 14.7. The SMILES string of the molecule is C=CC(=O)N1CCN(c2nc(OC[C@@H]3CCCN3C)nc3c2CCCN(c2cccc4c(F)cccc24)C3)C[C@@H]1CC#N. The average molecular weight is 584 g/mol. The number of hydrogen-bond donors (Lipinski definition) is 0. The first-order valence-corrected chi connectivity index (χ1v) is 15.2. The minimum Gasteiger partial charge on any atom is -0.462 e. The lowest BCUT2D eigenvalue weighted by Crippen LogP contribution is -2.55. The van der Waals surface area contributed by atoms with Crippen molar-refractivity contribution in [3.63, 3.8) is 0 Å². The standard InChI is InChI=1S/C33H38FN7O2/c1-3-31(42)41-19-18-40(20-23(41)14-15-35)32-27-11-7-17-39(30-13-5-9-25-26(30)10-4-12-28(25)34)21-29(27)36-33(37-32)43-22-24-8-6-16-38(24)2/h3-5,9-10,12-13,23-24H,1,6-8,11,14,16-22H2,2H3/t23-,24-/m0/s1. The first kappa shape index (κ1) is 28.9. The number of rotatable bonds is 7. The lowest BCUT2D eigenvalue weighted by molar-refractivity contribution is -0.128. The molecule has 0 unspecified atom stereocenters. The molecule has 1 amide bonds. The Morgan fingerprint density at radius 1 is 1.09 bits per heavy atom. The highest BCUT2D eigenvalue weighted by molar-refractivity contribution is 5.94. The van der Waals surface area contributed by atoms with E-state index in [0.717, 1.165) is 66.9 Å². The molecule has 9 nitrogen and oxygen atoms in total. The Morgan fingerprint density at radius 2 is 1.93 bits per heavy atom. The van der Waals surface area contributed by atoms with Crippen molar-refractivity contribution in [1.82, 2.24) is 19.8 Å². The van der Waals surface area contributed by atoms with Crippen molar-refractivity contribution in [1.29, 1.82) is 5.26 Å². The number of likely N-dealkylation sites (N-methyl/N-ethyl adjacent to an activating group) is 1. The maximum Gasteiger partial charge on any atom is 0.318 e. The van der Waals surface area contributed by atoms with Crippen LogP contribution in [0.1, 0.15) is 36.9 Å². The molecule has 0 N–H and O–H groups in total. The van der Waals surface area contributed by atoms with Gasteiger partial charge in [0, 0.05) is 54.2 Å². The van der Waals surface area contributed by atoms with Gasteiger partial charge in [0.25, 0.3) is 0 Å². The molecule has 0 spiro atoms. The number of ether oxygens (including phenoxy) is 1. The van der Waals surface area contributed by atoms with Crippen molar-refractivity contribution >= 4 is 28.2 Å². The average Bonchev–Trinajstić information content (AvgIpc) is 3.31. The fourth-order valence-electron chi connectivity index (χ4n) is 6.75. The van der Waals surface area contributed by atoms with Crippen molar-refractivity contribution in [3.05, 3.63) is 66.1 Å². The van der Waals surface area contributed by atoms with Crippen LogP contribution in [0, 0.1) is 17.1 Å². The van der Waals surface area contributed by atoms with Crippen LogP contribution in [0.15, 0.2) is 49.1 Å². The fraction of sp³-hybridized carbons (Fsp3) is 0.455. The van der Waals surface area contributed by atoms with E-state index in [1.807, 2.05) is 24.3 Å². The Labute approximate surface area is 252 Å². The zero-order valence-electron chi connectivity index (χ0n) is 24.7. The quantitative estimate of drug-likeness (QED) is 0.381. The summed E-state index contributed by atoms with van der Waals surface area (Å²) in [5.74, 6) is 0.431. The van der Waals surface area contributed by atoms with Gasteiger partial charge in [-0.05, 0) is 57.5 Å². The normalized spacial score (nSPS) is 20.9. The molecule has 2 saturated heterocycles. The van der Waals surface area contributed by atoms with E-state index < -0.39 is 0 Å². The molecule has 0 radical (unpaired) electrons. The number of nitrogens with zero attached hydrogens (tertiary/aromatic N) is 7. The van der Waals surface area contributed by atoms with Crippen LogP contribution in [0.3, 0.4) is 0 Å². The van der Waals surface area contributed by atoms with Gasteiger partial charge in [-0.3, -0.25) is 4.79 Å². The smallest absolute Gasteiger partial charge is 0.318 e. The van der Waals surface area contributed by atoms with E-state index in [-0.39, 0.29) is 24.2 Å². The monoisotopic (exact) mass is 583 g/mol. The molecule has 6 rings (SSSR count). The number of carbonyl (C=O) groups excluding carboxylic acids is 1. The summed E-state index contributed by atoms with van der Waals surface area (Å²) < 4.78 is 21.0. The second kappa shape index (κ2) is 12.6. The molecule has 4 heterocycles. The molecule has 0 saturated carbocycles. The van der Waals surface area contributed by atoms with Crippen LogP contribution in [0.2, 0.25) is 0 Å². The number of hydrogen-bond acceptors (Lipinski definition) is 8. The number of piperazine rings is 1. The van der Waals surface area contributed by atoms with Crippen LogP contribution in [0.4, 0.5) is 15.9 Å².